The Kier molecular flexibility index (Phi) is 7.44. The fourth-order valence-electron chi connectivity index (χ4n) is 1.39. The van der Waals surface area contributed by atoms with Crippen LogP contribution in [0.25, 0.3) is 0 Å². The molecule has 2 N–H and O–H groups in total. The van der Waals surface area contributed by atoms with Crippen molar-refractivity contribution >= 4 is 11.3 Å². The quantitative estimate of drug-likeness (QED) is 0.668. The van der Waals surface area contributed by atoms with Crippen molar-refractivity contribution in [2.24, 2.45) is 5.92 Å². The predicted octanol–water partition coefficient (Wildman–Crippen LogP) is 2.43. The van der Waals surface area contributed by atoms with Gasteiger partial charge >= 0.3 is 0 Å². The Labute approximate surface area is 108 Å². The number of nitrogens with one attached hydrogen (secondary N) is 1. The molecule has 0 fully saturated rings. The summed E-state index contributed by atoms with van der Waals surface area (Å²) >= 11 is 1.58. The average molecular weight is 257 g/mol. The van der Waals surface area contributed by atoms with Gasteiger partial charge in [0.05, 0.1) is 6.61 Å². The van der Waals surface area contributed by atoms with Crippen LogP contribution in [0.5, 0.6) is 0 Å². The third-order valence-electron chi connectivity index (χ3n) is 2.47. The van der Waals surface area contributed by atoms with Gasteiger partial charge in [-0.15, -0.1) is 11.3 Å². The van der Waals surface area contributed by atoms with Crippen LogP contribution in [-0.4, -0.2) is 31.4 Å². The van der Waals surface area contributed by atoms with E-state index in [9.17, 15) is 5.11 Å². The van der Waals surface area contributed by atoms with Crippen molar-refractivity contribution in [2.75, 3.05) is 26.3 Å². The van der Waals surface area contributed by atoms with E-state index in [1.54, 1.807) is 11.3 Å². The zero-order valence-corrected chi connectivity index (χ0v) is 11.5. The van der Waals surface area contributed by atoms with Crippen LogP contribution in [0, 0.1) is 5.92 Å². The van der Waals surface area contributed by atoms with Crippen LogP contribution in [0.3, 0.4) is 0 Å². The highest BCUT2D eigenvalue weighted by Crippen LogP contribution is 2.17. The smallest absolute Gasteiger partial charge is 0.101 e. The van der Waals surface area contributed by atoms with E-state index in [-0.39, 0.29) is 0 Å². The first-order chi connectivity index (χ1) is 8.20. The van der Waals surface area contributed by atoms with E-state index in [4.69, 9.17) is 4.74 Å². The van der Waals surface area contributed by atoms with Gasteiger partial charge in [-0.3, -0.25) is 0 Å². The first kappa shape index (κ1) is 14.6. The summed E-state index contributed by atoms with van der Waals surface area (Å²) in [6.07, 6.45) is 0.711. The maximum Gasteiger partial charge on any atom is 0.101 e. The van der Waals surface area contributed by atoms with E-state index in [1.807, 2.05) is 17.5 Å². The molecule has 1 atom stereocenters. The third-order valence-corrected chi connectivity index (χ3v) is 3.45. The van der Waals surface area contributed by atoms with Crippen LogP contribution in [0.2, 0.25) is 0 Å². The van der Waals surface area contributed by atoms with Gasteiger partial charge in [-0.05, 0) is 23.8 Å². The molecule has 0 radical (unpaired) electrons. The monoisotopic (exact) mass is 257 g/mol. The van der Waals surface area contributed by atoms with Gasteiger partial charge in [0.15, 0.2) is 0 Å². The summed E-state index contributed by atoms with van der Waals surface area (Å²) in [7, 11) is 0. The summed E-state index contributed by atoms with van der Waals surface area (Å²) in [5.41, 5.74) is 0. The van der Waals surface area contributed by atoms with Gasteiger partial charge in [0.25, 0.3) is 0 Å². The maximum atomic E-state index is 9.79. The Morgan fingerprint density at radius 1 is 1.41 bits per heavy atom. The molecular weight excluding hydrogens is 234 g/mol. The molecule has 0 saturated heterocycles. The van der Waals surface area contributed by atoms with Crippen LogP contribution in [0.1, 0.15) is 31.2 Å². The van der Waals surface area contributed by atoms with Gasteiger partial charge in [0, 0.05) is 24.6 Å². The topological polar surface area (TPSA) is 41.5 Å². The summed E-state index contributed by atoms with van der Waals surface area (Å²) in [5.74, 6) is 0.698. The third kappa shape index (κ3) is 6.78. The highest BCUT2D eigenvalue weighted by Gasteiger charge is 2.06. The Morgan fingerprint density at radius 2 is 2.24 bits per heavy atom. The van der Waals surface area contributed by atoms with Crippen molar-refractivity contribution in [2.45, 2.75) is 26.4 Å². The predicted molar refractivity (Wildman–Crippen MR) is 72.4 cm³/mol. The molecule has 0 saturated carbocycles. The molecular formula is C13H23NO2S. The SMILES string of the molecule is CC(C)CCOCCNCC(O)c1cccs1. The molecule has 1 unspecified atom stereocenters. The zero-order valence-electron chi connectivity index (χ0n) is 10.7. The number of ether oxygens (including phenoxy) is 1. The number of hydrogen-bond acceptors (Lipinski definition) is 4. The van der Waals surface area contributed by atoms with Crippen LogP contribution in [0.15, 0.2) is 17.5 Å². The lowest BCUT2D eigenvalue weighted by molar-refractivity contribution is 0.119. The lowest BCUT2D eigenvalue weighted by atomic mass is 10.1. The lowest BCUT2D eigenvalue weighted by Crippen LogP contribution is -2.25. The first-order valence-electron chi connectivity index (χ1n) is 6.20. The normalized spacial score (nSPS) is 13.2. The van der Waals surface area contributed by atoms with Crippen LogP contribution in [-0.2, 0) is 4.74 Å². The van der Waals surface area contributed by atoms with E-state index in [0.717, 1.165) is 24.4 Å². The zero-order chi connectivity index (χ0) is 12.5. The Morgan fingerprint density at radius 3 is 2.88 bits per heavy atom. The van der Waals surface area contributed by atoms with Crippen molar-refractivity contribution in [1.82, 2.24) is 5.32 Å². The standard InChI is InChI=1S/C13H23NO2S/c1-11(2)5-7-16-8-6-14-10-12(15)13-4-3-9-17-13/h3-4,9,11-12,14-15H,5-8,10H2,1-2H3. The Hall–Kier alpha value is -0.420. The molecule has 1 rings (SSSR count). The van der Waals surface area contributed by atoms with Crippen molar-refractivity contribution in [3.8, 4) is 0 Å². The second kappa shape index (κ2) is 8.64. The van der Waals surface area contributed by atoms with Gasteiger partial charge < -0.3 is 15.2 Å². The van der Waals surface area contributed by atoms with Crippen molar-refractivity contribution in [3.63, 3.8) is 0 Å². The van der Waals surface area contributed by atoms with E-state index >= 15 is 0 Å². The van der Waals surface area contributed by atoms with E-state index in [1.165, 1.54) is 0 Å². The molecule has 0 aromatic carbocycles. The molecule has 1 heterocycles. The fourth-order valence-corrected chi connectivity index (χ4v) is 2.10. The molecule has 0 bridgehead atoms. The van der Waals surface area contributed by atoms with Crippen molar-refractivity contribution in [1.29, 1.82) is 0 Å². The second-order valence-electron chi connectivity index (χ2n) is 4.53. The minimum atomic E-state index is -0.398. The van der Waals surface area contributed by atoms with E-state index in [2.05, 4.69) is 19.2 Å². The summed E-state index contributed by atoms with van der Waals surface area (Å²) in [6, 6.07) is 3.91. The molecule has 98 valence electrons. The summed E-state index contributed by atoms with van der Waals surface area (Å²) in [4.78, 5) is 1.01. The molecule has 0 aliphatic carbocycles. The molecule has 4 heteroatoms. The number of aliphatic hydroxyl groups excluding tert-OH is 1. The molecule has 1 aromatic rings. The van der Waals surface area contributed by atoms with Crippen molar-refractivity contribution < 1.29 is 9.84 Å². The molecule has 1 aromatic heterocycles. The molecule has 3 nitrogen and oxygen atoms in total. The first-order valence-corrected chi connectivity index (χ1v) is 7.08. The summed E-state index contributed by atoms with van der Waals surface area (Å²) in [6.45, 7) is 7.31. The molecule has 0 aliphatic rings. The maximum absolute atomic E-state index is 9.79. The minimum absolute atomic E-state index is 0.398. The minimum Gasteiger partial charge on any atom is -0.386 e. The van der Waals surface area contributed by atoms with Gasteiger partial charge in [-0.1, -0.05) is 19.9 Å². The second-order valence-corrected chi connectivity index (χ2v) is 5.51. The highest BCUT2D eigenvalue weighted by atomic mass is 32.1. The number of hydrogen-bond donors (Lipinski definition) is 2. The van der Waals surface area contributed by atoms with E-state index in [0.29, 0.717) is 19.1 Å². The Balaban J connectivity index is 1.94. The molecule has 0 spiro atoms. The molecule has 0 aliphatic heterocycles. The van der Waals surface area contributed by atoms with Crippen LogP contribution < -0.4 is 5.32 Å². The largest absolute Gasteiger partial charge is 0.386 e. The van der Waals surface area contributed by atoms with Crippen molar-refractivity contribution in [3.05, 3.63) is 22.4 Å². The van der Waals surface area contributed by atoms with Gasteiger partial charge in [0.1, 0.15) is 6.10 Å². The summed E-state index contributed by atoms with van der Waals surface area (Å²) < 4.78 is 5.48. The van der Waals surface area contributed by atoms with Crippen LogP contribution in [0.4, 0.5) is 0 Å². The van der Waals surface area contributed by atoms with Crippen LogP contribution >= 0.6 is 11.3 Å². The summed E-state index contributed by atoms with van der Waals surface area (Å²) in [5, 5.41) is 15.0. The van der Waals surface area contributed by atoms with Gasteiger partial charge in [-0.25, -0.2) is 0 Å². The number of thiophene rings is 1. The average Bonchev–Trinajstić information content (AvgIpc) is 2.80. The number of aliphatic hydroxyl groups is 1. The lowest BCUT2D eigenvalue weighted by Gasteiger charge is -2.10. The number of rotatable bonds is 9. The fraction of sp³-hybridized carbons (Fsp3) is 0.692. The van der Waals surface area contributed by atoms with Gasteiger partial charge in [-0.2, -0.15) is 0 Å². The molecule has 17 heavy (non-hydrogen) atoms. The van der Waals surface area contributed by atoms with E-state index < -0.39 is 6.10 Å². The Bertz CT molecular complexity index is 275. The molecule has 0 amide bonds. The highest BCUT2D eigenvalue weighted by molar-refractivity contribution is 7.10. The van der Waals surface area contributed by atoms with Gasteiger partial charge in [0.2, 0.25) is 0 Å².